The highest BCUT2D eigenvalue weighted by Gasteiger charge is 2.34. The Morgan fingerprint density at radius 3 is 2.75 bits per heavy atom. The molecule has 0 saturated carbocycles. The predicted octanol–water partition coefficient (Wildman–Crippen LogP) is 2.22. The third kappa shape index (κ3) is 3.73. The molecule has 1 heterocycles. The van der Waals surface area contributed by atoms with E-state index in [0.717, 1.165) is 12.8 Å². The first-order chi connectivity index (χ1) is 9.52. The first-order valence-electron chi connectivity index (χ1n) is 7.25. The Morgan fingerprint density at radius 1 is 1.45 bits per heavy atom. The van der Waals surface area contributed by atoms with Gasteiger partial charge in [-0.1, -0.05) is 25.1 Å². The fourth-order valence-corrected chi connectivity index (χ4v) is 2.58. The monoisotopic (exact) mass is 277 g/mol. The summed E-state index contributed by atoms with van der Waals surface area (Å²) in [6.45, 7) is 4.81. The molecule has 1 aliphatic rings. The summed E-state index contributed by atoms with van der Waals surface area (Å²) in [5, 5.41) is 10.1. The highest BCUT2D eigenvalue weighted by atomic mass is 16.5. The molecule has 1 N–H and O–H groups in total. The number of carbonyl (C=O) groups is 1. The van der Waals surface area contributed by atoms with Crippen LogP contribution in [0.15, 0.2) is 30.3 Å². The van der Waals surface area contributed by atoms with Crippen LogP contribution < -0.4 is 4.74 Å². The minimum atomic E-state index is -0.779. The second-order valence-corrected chi connectivity index (χ2v) is 5.69. The first kappa shape index (κ1) is 14.9. The topological polar surface area (TPSA) is 49.8 Å². The van der Waals surface area contributed by atoms with Crippen molar-refractivity contribution in [2.45, 2.75) is 44.8 Å². The lowest BCUT2D eigenvalue weighted by Gasteiger charge is -2.38. The summed E-state index contributed by atoms with van der Waals surface area (Å²) >= 11 is 0. The summed E-state index contributed by atoms with van der Waals surface area (Å²) in [6, 6.07) is 9.39. The molecule has 1 aromatic carbocycles. The van der Waals surface area contributed by atoms with E-state index in [-0.39, 0.29) is 5.91 Å². The van der Waals surface area contributed by atoms with E-state index >= 15 is 0 Å². The molecule has 20 heavy (non-hydrogen) atoms. The van der Waals surface area contributed by atoms with Crippen molar-refractivity contribution >= 4 is 5.91 Å². The van der Waals surface area contributed by atoms with Gasteiger partial charge < -0.3 is 14.7 Å². The molecule has 1 saturated heterocycles. The first-order valence-corrected chi connectivity index (χ1v) is 7.25. The Kier molecular flexibility index (Phi) is 4.65. The maximum atomic E-state index is 12.5. The number of hydrogen-bond acceptors (Lipinski definition) is 3. The number of amides is 1. The van der Waals surface area contributed by atoms with Crippen molar-refractivity contribution in [3.05, 3.63) is 30.3 Å². The largest absolute Gasteiger partial charge is 0.481 e. The van der Waals surface area contributed by atoms with Crippen molar-refractivity contribution in [3.63, 3.8) is 0 Å². The molecule has 1 fully saturated rings. The van der Waals surface area contributed by atoms with Crippen molar-refractivity contribution in [2.75, 3.05) is 13.1 Å². The number of ether oxygens (including phenoxy) is 1. The van der Waals surface area contributed by atoms with Crippen LogP contribution in [-0.4, -0.2) is 40.7 Å². The number of rotatable bonds is 4. The molecule has 2 atom stereocenters. The minimum absolute atomic E-state index is 0.0312. The minimum Gasteiger partial charge on any atom is -0.481 e. The van der Waals surface area contributed by atoms with Gasteiger partial charge in [-0.2, -0.15) is 0 Å². The SMILES string of the molecule is CCC(Oc1ccccc1)C(=O)N1CCCC(C)(O)C1. The Labute approximate surface area is 120 Å². The van der Waals surface area contributed by atoms with Gasteiger partial charge in [-0.3, -0.25) is 4.79 Å². The second kappa shape index (κ2) is 6.27. The van der Waals surface area contributed by atoms with E-state index < -0.39 is 11.7 Å². The molecule has 0 aliphatic carbocycles. The van der Waals surface area contributed by atoms with Crippen molar-refractivity contribution in [3.8, 4) is 5.75 Å². The molecule has 0 radical (unpaired) electrons. The van der Waals surface area contributed by atoms with Gasteiger partial charge in [0.1, 0.15) is 5.75 Å². The summed E-state index contributed by atoms with van der Waals surface area (Å²) in [6.07, 6.45) is 1.71. The van der Waals surface area contributed by atoms with Gasteiger partial charge in [0.05, 0.1) is 5.60 Å². The molecular weight excluding hydrogens is 254 g/mol. The van der Waals surface area contributed by atoms with Crippen LogP contribution in [0.25, 0.3) is 0 Å². The number of carbonyl (C=O) groups excluding carboxylic acids is 1. The Bertz CT molecular complexity index is 444. The fraction of sp³-hybridized carbons (Fsp3) is 0.562. The molecule has 0 bridgehead atoms. The van der Waals surface area contributed by atoms with Crippen molar-refractivity contribution in [2.24, 2.45) is 0 Å². The van der Waals surface area contributed by atoms with Crippen LogP contribution in [-0.2, 0) is 4.79 Å². The average molecular weight is 277 g/mol. The number of benzene rings is 1. The molecule has 1 aliphatic heterocycles. The number of likely N-dealkylation sites (tertiary alicyclic amines) is 1. The van der Waals surface area contributed by atoms with Gasteiger partial charge in [-0.05, 0) is 38.3 Å². The summed E-state index contributed by atoms with van der Waals surface area (Å²) in [4.78, 5) is 14.2. The van der Waals surface area contributed by atoms with Crippen LogP contribution in [0.5, 0.6) is 5.75 Å². The number of nitrogens with zero attached hydrogens (tertiary/aromatic N) is 1. The molecule has 2 rings (SSSR count). The second-order valence-electron chi connectivity index (χ2n) is 5.69. The molecule has 1 aromatic rings. The lowest BCUT2D eigenvalue weighted by Crippen LogP contribution is -2.52. The lowest BCUT2D eigenvalue weighted by atomic mass is 9.95. The van der Waals surface area contributed by atoms with E-state index in [9.17, 15) is 9.90 Å². The molecule has 2 unspecified atom stereocenters. The zero-order valence-electron chi connectivity index (χ0n) is 12.2. The fourth-order valence-electron chi connectivity index (χ4n) is 2.58. The summed E-state index contributed by atoms with van der Waals surface area (Å²) in [7, 11) is 0. The van der Waals surface area contributed by atoms with E-state index in [1.54, 1.807) is 11.8 Å². The zero-order valence-corrected chi connectivity index (χ0v) is 12.2. The van der Waals surface area contributed by atoms with E-state index in [1.165, 1.54) is 0 Å². The van der Waals surface area contributed by atoms with E-state index in [0.29, 0.717) is 25.3 Å². The van der Waals surface area contributed by atoms with Crippen LogP contribution in [0.1, 0.15) is 33.1 Å². The third-order valence-corrected chi connectivity index (χ3v) is 3.65. The molecular formula is C16H23NO3. The van der Waals surface area contributed by atoms with Crippen LogP contribution in [0.4, 0.5) is 0 Å². The number of para-hydroxylation sites is 1. The average Bonchev–Trinajstić information content (AvgIpc) is 2.44. The number of β-amino-alcohol motifs (C(OH)–C–C–N with tert-alkyl or cyclic N) is 1. The number of aliphatic hydroxyl groups is 1. The Hall–Kier alpha value is -1.55. The van der Waals surface area contributed by atoms with E-state index in [1.807, 2.05) is 37.3 Å². The van der Waals surface area contributed by atoms with Gasteiger partial charge in [-0.15, -0.1) is 0 Å². The summed E-state index contributed by atoms with van der Waals surface area (Å²) in [5.41, 5.74) is -0.779. The van der Waals surface area contributed by atoms with Crippen molar-refractivity contribution in [1.82, 2.24) is 4.90 Å². The van der Waals surface area contributed by atoms with E-state index in [2.05, 4.69) is 0 Å². The van der Waals surface area contributed by atoms with Gasteiger partial charge in [0.15, 0.2) is 6.10 Å². The highest BCUT2D eigenvalue weighted by molar-refractivity contribution is 5.81. The predicted molar refractivity (Wildman–Crippen MR) is 77.6 cm³/mol. The molecule has 0 aromatic heterocycles. The lowest BCUT2D eigenvalue weighted by molar-refractivity contribution is -0.145. The van der Waals surface area contributed by atoms with Crippen molar-refractivity contribution < 1.29 is 14.6 Å². The molecule has 4 nitrogen and oxygen atoms in total. The molecule has 110 valence electrons. The van der Waals surface area contributed by atoms with Gasteiger partial charge in [-0.25, -0.2) is 0 Å². The molecule has 4 heteroatoms. The number of hydrogen-bond donors (Lipinski definition) is 1. The normalized spacial score (nSPS) is 24.2. The Morgan fingerprint density at radius 2 is 2.15 bits per heavy atom. The molecule has 1 amide bonds. The number of piperidine rings is 1. The van der Waals surface area contributed by atoms with Gasteiger partial charge in [0, 0.05) is 13.1 Å². The van der Waals surface area contributed by atoms with Crippen LogP contribution in [0, 0.1) is 0 Å². The maximum Gasteiger partial charge on any atom is 0.263 e. The van der Waals surface area contributed by atoms with Crippen LogP contribution >= 0.6 is 0 Å². The van der Waals surface area contributed by atoms with Gasteiger partial charge in [0.2, 0.25) is 0 Å². The maximum absolute atomic E-state index is 12.5. The van der Waals surface area contributed by atoms with Crippen LogP contribution in [0.2, 0.25) is 0 Å². The Balaban J connectivity index is 2.02. The highest BCUT2D eigenvalue weighted by Crippen LogP contribution is 2.22. The van der Waals surface area contributed by atoms with Crippen molar-refractivity contribution in [1.29, 1.82) is 0 Å². The van der Waals surface area contributed by atoms with Crippen LogP contribution in [0.3, 0.4) is 0 Å². The zero-order chi connectivity index (χ0) is 14.6. The van der Waals surface area contributed by atoms with Gasteiger partial charge >= 0.3 is 0 Å². The summed E-state index contributed by atoms with van der Waals surface area (Å²) in [5.74, 6) is 0.674. The third-order valence-electron chi connectivity index (χ3n) is 3.65. The van der Waals surface area contributed by atoms with Gasteiger partial charge in [0.25, 0.3) is 5.91 Å². The summed E-state index contributed by atoms with van der Waals surface area (Å²) < 4.78 is 5.77. The standard InChI is InChI=1S/C16H23NO3/c1-3-14(20-13-8-5-4-6-9-13)15(18)17-11-7-10-16(2,19)12-17/h4-6,8-9,14,19H,3,7,10-12H2,1-2H3. The van der Waals surface area contributed by atoms with E-state index in [4.69, 9.17) is 4.74 Å². The quantitative estimate of drug-likeness (QED) is 0.918. The molecule has 0 spiro atoms. The smallest absolute Gasteiger partial charge is 0.263 e.